The van der Waals surface area contributed by atoms with E-state index < -0.39 is 30.4 Å². The first-order chi connectivity index (χ1) is 47.4. The summed E-state index contributed by atoms with van der Waals surface area (Å²) in [5.41, 5.74) is 13.3. The number of hydrogen-bond donors (Lipinski definition) is 3. The highest BCUT2D eigenvalue weighted by atomic mass is 16.7. The number of phenolic OH excluding ortho intramolecular Hbond substituents is 2. The minimum Gasteiger partial charge on any atom is -0.508 e. The van der Waals surface area contributed by atoms with Crippen molar-refractivity contribution in [2.45, 2.75) is 204 Å². The van der Waals surface area contributed by atoms with Crippen molar-refractivity contribution in [2.75, 3.05) is 11.9 Å². The molecule has 0 saturated carbocycles. The molecule has 3 saturated heterocycles. The van der Waals surface area contributed by atoms with Gasteiger partial charge in [0.15, 0.2) is 18.9 Å². The maximum Gasteiger partial charge on any atom is 0.184 e. The van der Waals surface area contributed by atoms with E-state index in [0.717, 1.165) is 115 Å². The number of anilines is 1. The van der Waals surface area contributed by atoms with Gasteiger partial charge in [-0.2, -0.15) is 0 Å². The number of phenols is 2. The molecule has 0 radical (unpaired) electrons. The molecular weight excluding hydrogens is 1220 g/mol. The number of hydrogen-bond acceptors (Lipinski definition) is 11. The van der Waals surface area contributed by atoms with Gasteiger partial charge in [0.2, 0.25) is 0 Å². The van der Waals surface area contributed by atoms with E-state index in [-0.39, 0.29) is 53.5 Å². The number of aliphatic hydroxyl groups excluding tert-OH is 1. The first-order valence-electron chi connectivity index (χ1n) is 35.8. The van der Waals surface area contributed by atoms with E-state index in [1.54, 1.807) is 24.3 Å². The van der Waals surface area contributed by atoms with Gasteiger partial charge in [-0.3, -0.25) is 0 Å². The molecule has 0 amide bonds. The van der Waals surface area contributed by atoms with Crippen LogP contribution in [-0.4, -0.2) is 65.1 Å². The third-order valence-electron chi connectivity index (χ3n) is 21.2. The average Bonchev–Trinajstić information content (AvgIpc) is 1.52. The molecule has 0 bridgehead atoms. The molecule has 3 N–H and O–H groups in total. The van der Waals surface area contributed by atoms with E-state index in [0.29, 0.717) is 25.0 Å². The predicted molar refractivity (Wildman–Crippen MR) is 393 cm³/mol. The van der Waals surface area contributed by atoms with Gasteiger partial charge < -0.3 is 53.4 Å². The number of benzene rings is 8. The van der Waals surface area contributed by atoms with Crippen LogP contribution in [0.3, 0.4) is 0 Å². The molecule has 8 aromatic carbocycles. The number of aryl methyl sites for hydroxylation is 1. The molecule has 4 heterocycles. The lowest BCUT2D eigenvalue weighted by molar-refractivity contribution is -0.255. The smallest absolute Gasteiger partial charge is 0.184 e. The minimum atomic E-state index is -0.619. The van der Waals surface area contributed by atoms with Crippen molar-refractivity contribution in [2.24, 2.45) is 0 Å². The lowest BCUT2D eigenvalue weighted by atomic mass is 9.74. The average molecular weight is 1320 g/mol. The summed E-state index contributed by atoms with van der Waals surface area (Å²) in [7, 11) is 2.18. The van der Waals surface area contributed by atoms with E-state index in [1.807, 2.05) is 36.4 Å². The molecular formula is C87H97NO10. The first-order valence-corrected chi connectivity index (χ1v) is 35.8. The molecule has 1 aliphatic carbocycles. The number of nitrogens with zero attached hydrogens (tertiary/aromatic N) is 1. The van der Waals surface area contributed by atoms with Gasteiger partial charge in [0, 0.05) is 76.4 Å². The molecule has 10 atom stereocenters. The van der Waals surface area contributed by atoms with Crippen LogP contribution < -0.4 is 9.64 Å². The van der Waals surface area contributed by atoms with E-state index in [9.17, 15) is 15.3 Å². The number of likely N-dealkylation sites (N-methyl/N-ethyl adjacent to an activating group) is 1. The third kappa shape index (κ3) is 14.8. The highest BCUT2D eigenvalue weighted by molar-refractivity contribution is 6.03. The fourth-order valence-corrected chi connectivity index (χ4v) is 15.9. The molecule has 13 rings (SSSR count). The van der Waals surface area contributed by atoms with E-state index in [1.165, 1.54) is 49.6 Å². The topological polar surface area (TPSA) is 129 Å². The summed E-state index contributed by atoms with van der Waals surface area (Å²) in [6.45, 7) is 20.5. The summed E-state index contributed by atoms with van der Waals surface area (Å²) in [6.07, 6.45) is 16.7. The van der Waals surface area contributed by atoms with Gasteiger partial charge in [0.25, 0.3) is 0 Å². The van der Waals surface area contributed by atoms with Crippen LogP contribution in [0.15, 0.2) is 218 Å². The number of aromatic hydroxyl groups is 2. The Bertz CT molecular complexity index is 4260. The second-order valence-electron chi connectivity index (χ2n) is 28.8. The molecule has 11 nitrogen and oxygen atoms in total. The number of fused-ring (bicyclic) bond motifs is 5. The van der Waals surface area contributed by atoms with Gasteiger partial charge >= 0.3 is 0 Å². The Morgan fingerprint density at radius 3 is 1.73 bits per heavy atom. The van der Waals surface area contributed by atoms with Crippen LogP contribution in [0.1, 0.15) is 188 Å². The van der Waals surface area contributed by atoms with Crippen molar-refractivity contribution in [3.63, 3.8) is 0 Å². The molecule has 3 fully saturated rings. The molecule has 0 spiro atoms. The standard InChI is InChI=1S/C87H97NO10/c1-10-20-67-54-71(51-64(91)23-18-24-69-53-70(97-84(96-69)60-36-43-63(90)44-37-60)26-19-25-68-52-65(11-2)93-83(95-68)59-34-41-62(89)42-35-59)98-85(94-67)61-38-45-66(46-39-61)92-82-76(47-32-56(4)86(5,6)80-55(3)31-33-57-21-12-14-27-72(57)80)74-29-16-17-30-75(74)77(82)48-50-79-87(7,8)81-73-28-15-13-22-58(73)40-49-78(81)88(79)9/h12-17,21-22,27-50,64-65,67-71,83-85,89-91H,4,10-11,18-20,23-26,51-54H2,1-3,5-9H3/b47-32+,77-48+,79-50+. The SMILES string of the molecule is C=C(/C=C/C1=C(Oc2ccc(C3OC(CCC)CC(CC(O)CCCC4CC(CCCC5CC(CC)OC(c6ccc(O)cc6)O5)OC(c5ccc(O)cc5)O4)O3)cc2)C(=C/C=C2/N(C)c3ccc4ccccc4c3C2(C)C)/c2ccccc21)C(C)(C)c1c(C)ccc2ccccc12. The molecule has 11 heteroatoms. The van der Waals surface area contributed by atoms with Gasteiger partial charge in [-0.1, -0.05) is 194 Å². The van der Waals surface area contributed by atoms with Gasteiger partial charge in [-0.05, 0) is 174 Å². The van der Waals surface area contributed by atoms with Crippen LogP contribution >= 0.6 is 0 Å². The first kappa shape index (κ1) is 68.4. The zero-order valence-corrected chi connectivity index (χ0v) is 58.3. The van der Waals surface area contributed by atoms with Crippen molar-refractivity contribution < 1.29 is 48.5 Å². The van der Waals surface area contributed by atoms with Crippen molar-refractivity contribution >= 4 is 38.4 Å². The van der Waals surface area contributed by atoms with E-state index in [4.69, 9.17) is 39.7 Å². The second kappa shape index (κ2) is 29.8. The quantitative estimate of drug-likeness (QED) is 0.0530. The number of aliphatic hydroxyl groups is 1. The molecule has 510 valence electrons. The Hall–Kier alpha value is -8.10. The van der Waals surface area contributed by atoms with Crippen LogP contribution in [-0.2, 0) is 39.3 Å². The Labute approximate surface area is 579 Å². The van der Waals surface area contributed by atoms with Crippen LogP contribution in [0.5, 0.6) is 17.2 Å². The summed E-state index contributed by atoms with van der Waals surface area (Å²) >= 11 is 0. The molecule has 98 heavy (non-hydrogen) atoms. The maximum absolute atomic E-state index is 11.8. The summed E-state index contributed by atoms with van der Waals surface area (Å²) < 4.78 is 46.9. The molecule has 10 unspecified atom stereocenters. The lowest BCUT2D eigenvalue weighted by Gasteiger charge is -2.38. The summed E-state index contributed by atoms with van der Waals surface area (Å²) in [6, 6.07) is 57.2. The van der Waals surface area contributed by atoms with E-state index >= 15 is 0 Å². The van der Waals surface area contributed by atoms with Gasteiger partial charge in [0.1, 0.15) is 23.0 Å². The predicted octanol–water partition coefficient (Wildman–Crippen LogP) is 20.5. The Morgan fingerprint density at radius 1 is 0.602 bits per heavy atom. The van der Waals surface area contributed by atoms with Crippen molar-refractivity contribution in [1.82, 2.24) is 0 Å². The monoisotopic (exact) mass is 1320 g/mol. The fraction of sp³-hybridized carbons (Fsp3) is 0.379. The maximum atomic E-state index is 11.8. The Balaban J connectivity index is 0.704. The largest absolute Gasteiger partial charge is 0.508 e. The summed E-state index contributed by atoms with van der Waals surface area (Å²) in [5, 5.41) is 36.8. The molecule has 4 aliphatic heterocycles. The van der Waals surface area contributed by atoms with Crippen LogP contribution in [0, 0.1) is 6.92 Å². The minimum absolute atomic E-state index is 0.0268. The normalized spacial score (nSPS) is 24.4. The second-order valence-corrected chi connectivity index (χ2v) is 28.8. The van der Waals surface area contributed by atoms with Gasteiger partial charge in [0.05, 0.1) is 42.7 Å². The summed E-state index contributed by atoms with van der Waals surface area (Å²) in [5.74, 6) is 1.84. The van der Waals surface area contributed by atoms with Crippen LogP contribution in [0.4, 0.5) is 5.69 Å². The number of allylic oxidation sites excluding steroid dienone is 8. The van der Waals surface area contributed by atoms with Gasteiger partial charge in [-0.25, -0.2) is 0 Å². The van der Waals surface area contributed by atoms with Crippen molar-refractivity contribution in [3.05, 3.63) is 262 Å². The molecule has 0 aromatic heterocycles. The molecule has 5 aliphatic rings. The van der Waals surface area contributed by atoms with E-state index in [2.05, 4.69) is 194 Å². The van der Waals surface area contributed by atoms with Crippen molar-refractivity contribution in [3.8, 4) is 17.2 Å². The highest BCUT2D eigenvalue weighted by Crippen LogP contribution is 2.52. The number of rotatable bonds is 23. The zero-order chi connectivity index (χ0) is 68.2. The third-order valence-corrected chi connectivity index (χ3v) is 21.2. The fourth-order valence-electron chi connectivity index (χ4n) is 15.9. The molecule has 8 aromatic rings. The highest BCUT2D eigenvalue weighted by Gasteiger charge is 2.41. The van der Waals surface area contributed by atoms with Crippen LogP contribution in [0.2, 0.25) is 0 Å². The Morgan fingerprint density at radius 2 is 1.11 bits per heavy atom. The zero-order valence-electron chi connectivity index (χ0n) is 58.3. The Kier molecular flexibility index (Phi) is 20.8. The number of ether oxygens (including phenoxy) is 7. The van der Waals surface area contributed by atoms with Crippen molar-refractivity contribution in [1.29, 1.82) is 0 Å². The van der Waals surface area contributed by atoms with Gasteiger partial charge in [-0.15, -0.1) is 0 Å². The lowest BCUT2D eigenvalue weighted by Crippen LogP contribution is -2.36. The summed E-state index contributed by atoms with van der Waals surface area (Å²) in [4.78, 5) is 2.34. The van der Waals surface area contributed by atoms with Crippen LogP contribution in [0.25, 0.3) is 32.7 Å².